The Morgan fingerprint density at radius 3 is 2.42 bits per heavy atom. The summed E-state index contributed by atoms with van der Waals surface area (Å²) in [5.74, 6) is -0.0120. The molecule has 0 aliphatic heterocycles. The Morgan fingerprint density at radius 2 is 1.83 bits per heavy atom. The minimum absolute atomic E-state index is 0.0470. The van der Waals surface area contributed by atoms with Crippen LogP contribution in [0.25, 0.3) is 0 Å². The lowest BCUT2D eigenvalue weighted by Crippen LogP contribution is -2.48. The van der Waals surface area contributed by atoms with E-state index in [2.05, 4.69) is 26.0 Å². The molecule has 3 nitrogen and oxygen atoms in total. The van der Waals surface area contributed by atoms with Gasteiger partial charge in [-0.3, -0.25) is 9.59 Å². The molecule has 1 saturated carbocycles. The topological polar surface area (TPSA) is 57.9 Å². The van der Waals surface area contributed by atoms with Crippen LogP contribution in [0.1, 0.15) is 54.4 Å². The van der Waals surface area contributed by atoms with Crippen LogP contribution in [0.3, 0.4) is 0 Å². The Balaban J connectivity index is 0.00000100. The molecule has 0 aromatic heterocycles. The van der Waals surface area contributed by atoms with Crippen molar-refractivity contribution >= 4 is 11.6 Å². The van der Waals surface area contributed by atoms with Gasteiger partial charge in [0.2, 0.25) is 0 Å². The van der Waals surface area contributed by atoms with Gasteiger partial charge >= 0.3 is 0 Å². The van der Waals surface area contributed by atoms with Crippen LogP contribution in [0.2, 0.25) is 0 Å². The molecular weight excluding hydrogens is 298 g/mol. The number of nitrogens with zero attached hydrogens (tertiary/aromatic N) is 1. The van der Waals surface area contributed by atoms with Gasteiger partial charge in [-0.1, -0.05) is 46.8 Å². The van der Waals surface area contributed by atoms with E-state index in [1.807, 2.05) is 33.8 Å². The molecule has 0 spiro atoms. The van der Waals surface area contributed by atoms with Crippen molar-refractivity contribution < 1.29 is 9.59 Å². The zero-order valence-electron chi connectivity index (χ0n) is 15.6. The monoisotopic (exact) mass is 325 g/mol. The Bertz CT molecular complexity index is 719. The van der Waals surface area contributed by atoms with Crippen LogP contribution in [0, 0.1) is 34.0 Å². The van der Waals surface area contributed by atoms with Gasteiger partial charge in [-0.05, 0) is 42.9 Å². The van der Waals surface area contributed by atoms with Crippen molar-refractivity contribution in [3.8, 4) is 6.07 Å². The maximum Gasteiger partial charge on any atom is 0.181 e. The lowest BCUT2D eigenvalue weighted by molar-refractivity contribution is -0.122. The number of fused-ring (bicyclic) bond motifs is 3. The number of hydrogen-bond acceptors (Lipinski definition) is 3. The lowest BCUT2D eigenvalue weighted by atomic mass is 9.49. The van der Waals surface area contributed by atoms with Crippen molar-refractivity contribution in [2.45, 2.75) is 54.4 Å². The molecule has 0 saturated heterocycles. The van der Waals surface area contributed by atoms with Gasteiger partial charge in [0, 0.05) is 16.7 Å². The molecule has 0 bridgehead atoms. The molecule has 4 atom stereocenters. The van der Waals surface area contributed by atoms with E-state index in [9.17, 15) is 14.9 Å². The molecule has 3 aliphatic rings. The average molecular weight is 325 g/mol. The number of hydrogen-bond donors (Lipinski definition) is 0. The van der Waals surface area contributed by atoms with Crippen LogP contribution in [-0.4, -0.2) is 11.6 Å². The van der Waals surface area contributed by atoms with Gasteiger partial charge < -0.3 is 0 Å². The molecule has 1 fully saturated rings. The lowest BCUT2D eigenvalue weighted by Gasteiger charge is -2.54. The zero-order chi connectivity index (χ0) is 18.3. The molecule has 0 radical (unpaired) electrons. The van der Waals surface area contributed by atoms with Crippen LogP contribution >= 0.6 is 0 Å². The van der Waals surface area contributed by atoms with Crippen molar-refractivity contribution in [1.29, 1.82) is 5.26 Å². The maximum atomic E-state index is 12.3. The van der Waals surface area contributed by atoms with Crippen LogP contribution < -0.4 is 0 Å². The molecule has 3 rings (SSSR count). The summed E-state index contributed by atoms with van der Waals surface area (Å²) >= 11 is 0. The smallest absolute Gasteiger partial charge is 0.181 e. The normalized spacial score (nSPS) is 37.6. The second kappa shape index (κ2) is 6.16. The fourth-order valence-corrected chi connectivity index (χ4v) is 4.81. The molecule has 0 amide bonds. The average Bonchev–Trinajstić information content (AvgIpc) is 2.55. The van der Waals surface area contributed by atoms with Crippen LogP contribution in [-0.2, 0) is 9.59 Å². The highest BCUT2D eigenvalue weighted by Crippen LogP contribution is 2.60. The van der Waals surface area contributed by atoms with E-state index in [0.29, 0.717) is 0 Å². The van der Waals surface area contributed by atoms with E-state index in [1.165, 1.54) is 0 Å². The van der Waals surface area contributed by atoms with Crippen LogP contribution in [0.4, 0.5) is 0 Å². The fourth-order valence-electron chi connectivity index (χ4n) is 4.81. The number of allylic oxidation sites excluding steroid dienone is 6. The quantitative estimate of drug-likeness (QED) is 0.656. The SMILES string of the molecule is CC.CC1=C[C@]2(C)CCC3[C@@H](C)C(=O)C(C#N)=C[C@]3(C)C2=CC1=O. The highest BCUT2D eigenvalue weighted by atomic mass is 16.1. The minimum atomic E-state index is -0.391. The Kier molecular flexibility index (Phi) is 4.72. The third kappa shape index (κ3) is 2.49. The number of carbonyl (C=O) groups excluding carboxylic acids is 2. The van der Waals surface area contributed by atoms with E-state index < -0.39 is 5.41 Å². The van der Waals surface area contributed by atoms with Gasteiger partial charge in [-0.15, -0.1) is 0 Å². The summed E-state index contributed by atoms with van der Waals surface area (Å²) in [4.78, 5) is 24.5. The number of carbonyl (C=O) groups is 2. The zero-order valence-corrected chi connectivity index (χ0v) is 15.6. The third-order valence-electron chi connectivity index (χ3n) is 5.99. The summed E-state index contributed by atoms with van der Waals surface area (Å²) in [6.07, 6.45) is 7.54. The van der Waals surface area contributed by atoms with E-state index in [-0.39, 0.29) is 34.4 Å². The van der Waals surface area contributed by atoms with E-state index in [4.69, 9.17) is 0 Å². The summed E-state index contributed by atoms with van der Waals surface area (Å²) < 4.78 is 0. The first kappa shape index (κ1) is 18.4. The summed E-state index contributed by atoms with van der Waals surface area (Å²) in [7, 11) is 0. The van der Waals surface area contributed by atoms with Gasteiger partial charge in [0.1, 0.15) is 6.07 Å². The van der Waals surface area contributed by atoms with Crippen LogP contribution in [0.15, 0.2) is 34.9 Å². The molecule has 128 valence electrons. The Hall–Kier alpha value is -1.95. The summed E-state index contributed by atoms with van der Waals surface area (Å²) in [6, 6.07) is 2.05. The van der Waals surface area contributed by atoms with Crippen molar-refractivity contribution in [2.24, 2.45) is 22.7 Å². The molecule has 1 unspecified atom stereocenters. The standard InChI is InChI=1S/C19H21NO2.C2H6/c1-11-8-18(3)6-5-14-12(2)17(22)13(10-20)9-19(14,4)16(18)7-15(11)21;1-2/h7-9,12,14H,5-6H2,1-4H3;1-2H3/t12-,14?,18+,19+;/m1./s1. The highest BCUT2D eigenvalue weighted by Gasteiger charge is 2.54. The summed E-state index contributed by atoms with van der Waals surface area (Å²) in [6.45, 7) is 12.0. The number of rotatable bonds is 0. The summed E-state index contributed by atoms with van der Waals surface area (Å²) in [5.41, 5.74) is 1.56. The Morgan fingerprint density at radius 1 is 1.21 bits per heavy atom. The maximum absolute atomic E-state index is 12.3. The minimum Gasteiger partial charge on any atom is -0.293 e. The molecule has 24 heavy (non-hydrogen) atoms. The van der Waals surface area contributed by atoms with E-state index >= 15 is 0 Å². The van der Waals surface area contributed by atoms with Gasteiger partial charge in [-0.2, -0.15) is 5.26 Å². The third-order valence-corrected chi connectivity index (χ3v) is 5.99. The summed E-state index contributed by atoms with van der Waals surface area (Å²) in [5, 5.41) is 9.30. The first-order valence-corrected chi connectivity index (χ1v) is 8.86. The van der Waals surface area contributed by atoms with Crippen LogP contribution in [0.5, 0.6) is 0 Å². The van der Waals surface area contributed by atoms with E-state index in [1.54, 1.807) is 6.08 Å². The predicted molar refractivity (Wildman–Crippen MR) is 95.0 cm³/mol. The first-order valence-electron chi connectivity index (χ1n) is 8.86. The van der Waals surface area contributed by atoms with Gasteiger partial charge in [-0.25, -0.2) is 0 Å². The molecule has 0 aromatic rings. The van der Waals surface area contributed by atoms with Crippen molar-refractivity contribution in [2.75, 3.05) is 0 Å². The molecule has 3 heteroatoms. The first-order chi connectivity index (χ1) is 11.2. The molecule has 0 heterocycles. The largest absolute Gasteiger partial charge is 0.293 e. The van der Waals surface area contributed by atoms with E-state index in [0.717, 1.165) is 24.0 Å². The van der Waals surface area contributed by atoms with Gasteiger partial charge in [0.15, 0.2) is 11.6 Å². The number of Topliss-reactive ketones (excluding diaryl/α,β-unsaturated/α-hetero) is 1. The number of ketones is 2. The highest BCUT2D eigenvalue weighted by molar-refractivity contribution is 6.06. The molecule has 0 aromatic carbocycles. The molecular formula is C21H27NO2. The Labute approximate surface area is 145 Å². The van der Waals surface area contributed by atoms with Crippen molar-refractivity contribution in [3.63, 3.8) is 0 Å². The second-order valence-electron chi connectivity index (χ2n) is 7.42. The number of nitriles is 1. The predicted octanol–water partition coefficient (Wildman–Crippen LogP) is 4.56. The molecule has 0 N–H and O–H groups in total. The second-order valence-corrected chi connectivity index (χ2v) is 7.42. The fraction of sp³-hybridized carbons (Fsp3) is 0.571. The van der Waals surface area contributed by atoms with Gasteiger partial charge in [0.25, 0.3) is 0 Å². The molecule has 3 aliphatic carbocycles. The van der Waals surface area contributed by atoms with Crippen molar-refractivity contribution in [3.05, 3.63) is 34.9 Å². The van der Waals surface area contributed by atoms with Gasteiger partial charge in [0.05, 0.1) is 5.57 Å². The van der Waals surface area contributed by atoms with Crippen molar-refractivity contribution in [1.82, 2.24) is 0 Å².